The third-order valence-corrected chi connectivity index (χ3v) is 3.11. The van der Waals surface area contributed by atoms with Crippen LogP contribution in [0.5, 0.6) is 0 Å². The van der Waals surface area contributed by atoms with Gasteiger partial charge in [-0.25, -0.2) is 9.97 Å². The molecule has 2 heterocycles. The monoisotopic (exact) mass is 260 g/mol. The highest BCUT2D eigenvalue weighted by Crippen LogP contribution is 2.12. The van der Waals surface area contributed by atoms with Crippen molar-refractivity contribution in [2.24, 2.45) is 5.92 Å². The summed E-state index contributed by atoms with van der Waals surface area (Å²) in [7, 11) is 0. The number of anilines is 1. The van der Waals surface area contributed by atoms with Gasteiger partial charge < -0.3 is 10.6 Å². The highest BCUT2D eigenvalue weighted by atomic mass is 35.5. The van der Waals surface area contributed by atoms with E-state index >= 15 is 0 Å². The summed E-state index contributed by atoms with van der Waals surface area (Å²) in [5.74, 6) is 1.67. The molecule has 0 spiro atoms. The van der Waals surface area contributed by atoms with Crippen LogP contribution < -0.4 is 10.6 Å². The van der Waals surface area contributed by atoms with Gasteiger partial charge in [-0.2, -0.15) is 0 Å². The maximum absolute atomic E-state index is 4.37. The van der Waals surface area contributed by atoms with Crippen LogP contribution in [0.3, 0.4) is 0 Å². The van der Waals surface area contributed by atoms with Crippen LogP contribution in [-0.4, -0.2) is 35.9 Å². The van der Waals surface area contributed by atoms with Gasteiger partial charge in [0.25, 0.3) is 0 Å². The fourth-order valence-corrected chi connectivity index (χ4v) is 2.03. The van der Waals surface area contributed by atoms with Crippen molar-refractivity contribution >= 4 is 30.0 Å². The molecule has 1 aliphatic heterocycles. The van der Waals surface area contributed by atoms with Gasteiger partial charge in [-0.3, -0.25) is 0 Å². The molecule has 90 valence electrons. The van der Waals surface area contributed by atoms with E-state index in [1.807, 2.05) is 12.3 Å². The number of hydrogen-bond donors (Lipinski definition) is 2. The van der Waals surface area contributed by atoms with Crippen molar-refractivity contribution in [1.29, 1.82) is 0 Å². The number of thioether (sulfide) groups is 1. The topological polar surface area (TPSA) is 49.8 Å². The Morgan fingerprint density at radius 2 is 2.50 bits per heavy atom. The Bertz CT molecular complexity index is 317. The SMILES string of the molecule is CSc1nccc(NCC2CCNC2)n1.Cl. The van der Waals surface area contributed by atoms with Crippen LogP contribution in [0.2, 0.25) is 0 Å². The van der Waals surface area contributed by atoms with Crippen LogP contribution in [0.1, 0.15) is 6.42 Å². The zero-order valence-corrected chi connectivity index (χ0v) is 10.9. The van der Waals surface area contributed by atoms with Gasteiger partial charge in [0.15, 0.2) is 5.16 Å². The molecule has 0 aliphatic carbocycles. The first kappa shape index (κ1) is 13.5. The van der Waals surface area contributed by atoms with E-state index in [0.717, 1.165) is 36.5 Å². The first-order chi connectivity index (χ1) is 7.38. The van der Waals surface area contributed by atoms with Crippen molar-refractivity contribution in [1.82, 2.24) is 15.3 Å². The maximum atomic E-state index is 4.37. The lowest BCUT2D eigenvalue weighted by atomic mass is 10.1. The highest BCUT2D eigenvalue weighted by molar-refractivity contribution is 7.98. The Balaban J connectivity index is 0.00000128. The molecule has 0 amide bonds. The second kappa shape index (κ2) is 6.93. The van der Waals surface area contributed by atoms with Gasteiger partial charge in [-0.15, -0.1) is 12.4 Å². The molecule has 1 unspecified atom stereocenters. The van der Waals surface area contributed by atoms with Crippen LogP contribution in [0, 0.1) is 5.92 Å². The molecule has 0 radical (unpaired) electrons. The Morgan fingerprint density at radius 1 is 1.62 bits per heavy atom. The number of nitrogens with one attached hydrogen (secondary N) is 2. The average molecular weight is 261 g/mol. The lowest BCUT2D eigenvalue weighted by Gasteiger charge is -2.10. The molecule has 1 fully saturated rings. The first-order valence-corrected chi connectivity index (χ1v) is 6.42. The predicted octanol–water partition coefficient (Wildman–Crippen LogP) is 1.64. The number of aromatic nitrogens is 2. The molecule has 0 bridgehead atoms. The minimum Gasteiger partial charge on any atom is -0.370 e. The molecule has 2 N–H and O–H groups in total. The molecule has 0 saturated carbocycles. The molecule has 1 aromatic rings. The number of hydrogen-bond acceptors (Lipinski definition) is 5. The van der Waals surface area contributed by atoms with E-state index in [9.17, 15) is 0 Å². The molecule has 0 aromatic carbocycles. The minimum atomic E-state index is 0. The van der Waals surface area contributed by atoms with Crippen molar-refractivity contribution in [3.63, 3.8) is 0 Å². The van der Waals surface area contributed by atoms with Crippen molar-refractivity contribution < 1.29 is 0 Å². The van der Waals surface area contributed by atoms with E-state index < -0.39 is 0 Å². The van der Waals surface area contributed by atoms with Crippen LogP contribution in [-0.2, 0) is 0 Å². The van der Waals surface area contributed by atoms with Crippen molar-refractivity contribution in [3.05, 3.63) is 12.3 Å². The van der Waals surface area contributed by atoms with Crippen LogP contribution in [0.15, 0.2) is 17.4 Å². The van der Waals surface area contributed by atoms with Crippen LogP contribution >= 0.6 is 24.2 Å². The summed E-state index contributed by atoms with van der Waals surface area (Å²) in [6, 6.07) is 1.92. The molecular formula is C10H17ClN4S. The zero-order chi connectivity index (χ0) is 10.5. The van der Waals surface area contributed by atoms with E-state index in [1.165, 1.54) is 6.42 Å². The smallest absolute Gasteiger partial charge is 0.189 e. The van der Waals surface area contributed by atoms with E-state index in [0.29, 0.717) is 0 Å². The van der Waals surface area contributed by atoms with E-state index in [4.69, 9.17) is 0 Å². The summed E-state index contributed by atoms with van der Waals surface area (Å²) >= 11 is 1.57. The van der Waals surface area contributed by atoms with Gasteiger partial charge in [-0.1, -0.05) is 11.8 Å². The van der Waals surface area contributed by atoms with Crippen LogP contribution in [0.4, 0.5) is 5.82 Å². The van der Waals surface area contributed by atoms with Crippen molar-refractivity contribution in [2.75, 3.05) is 31.2 Å². The minimum absolute atomic E-state index is 0. The first-order valence-electron chi connectivity index (χ1n) is 5.20. The fourth-order valence-electron chi connectivity index (χ4n) is 1.68. The predicted molar refractivity (Wildman–Crippen MR) is 70.5 cm³/mol. The summed E-state index contributed by atoms with van der Waals surface area (Å²) in [6.45, 7) is 3.26. The Morgan fingerprint density at radius 3 is 3.19 bits per heavy atom. The second-order valence-electron chi connectivity index (χ2n) is 3.67. The molecule has 4 nitrogen and oxygen atoms in total. The molecule has 1 aromatic heterocycles. The van der Waals surface area contributed by atoms with Gasteiger partial charge in [0.2, 0.25) is 0 Å². The van der Waals surface area contributed by atoms with Crippen molar-refractivity contribution in [3.8, 4) is 0 Å². The maximum Gasteiger partial charge on any atom is 0.189 e. The normalized spacial score (nSPS) is 19.2. The molecule has 1 aliphatic rings. The largest absolute Gasteiger partial charge is 0.370 e. The Labute approximate surface area is 106 Å². The third-order valence-electron chi connectivity index (χ3n) is 2.55. The summed E-state index contributed by atoms with van der Waals surface area (Å²) in [5, 5.41) is 7.53. The quantitative estimate of drug-likeness (QED) is 0.637. The summed E-state index contributed by atoms with van der Waals surface area (Å²) < 4.78 is 0. The number of nitrogens with zero attached hydrogens (tertiary/aromatic N) is 2. The van der Waals surface area contributed by atoms with E-state index in [2.05, 4.69) is 20.6 Å². The van der Waals surface area contributed by atoms with E-state index in [-0.39, 0.29) is 12.4 Å². The summed E-state index contributed by atoms with van der Waals surface area (Å²) in [6.07, 6.45) is 5.04. The van der Waals surface area contributed by atoms with Gasteiger partial charge in [-0.05, 0) is 37.8 Å². The molecule has 16 heavy (non-hydrogen) atoms. The molecule has 1 atom stereocenters. The van der Waals surface area contributed by atoms with Gasteiger partial charge in [0, 0.05) is 12.7 Å². The van der Waals surface area contributed by atoms with Crippen molar-refractivity contribution in [2.45, 2.75) is 11.6 Å². The number of rotatable bonds is 4. The average Bonchev–Trinajstić information content (AvgIpc) is 2.79. The van der Waals surface area contributed by atoms with Gasteiger partial charge in [0.05, 0.1) is 0 Å². The molecular weight excluding hydrogens is 244 g/mol. The molecule has 1 saturated heterocycles. The molecule has 6 heteroatoms. The number of halogens is 1. The summed E-state index contributed by atoms with van der Waals surface area (Å²) in [4.78, 5) is 8.51. The lowest BCUT2D eigenvalue weighted by Crippen LogP contribution is -2.17. The van der Waals surface area contributed by atoms with Gasteiger partial charge in [0.1, 0.15) is 5.82 Å². The van der Waals surface area contributed by atoms with Crippen LogP contribution in [0.25, 0.3) is 0 Å². The van der Waals surface area contributed by atoms with E-state index in [1.54, 1.807) is 18.0 Å². The third kappa shape index (κ3) is 3.81. The highest BCUT2D eigenvalue weighted by Gasteiger charge is 2.13. The molecule has 2 rings (SSSR count). The van der Waals surface area contributed by atoms with Gasteiger partial charge >= 0.3 is 0 Å². The Kier molecular flexibility index (Phi) is 5.87. The lowest BCUT2D eigenvalue weighted by molar-refractivity contribution is 0.613. The fraction of sp³-hybridized carbons (Fsp3) is 0.600. The summed E-state index contributed by atoms with van der Waals surface area (Å²) in [5.41, 5.74) is 0. The standard InChI is InChI=1S/C10H16N4S.ClH/c1-15-10-12-5-3-9(14-10)13-7-8-2-4-11-6-8;/h3,5,8,11H,2,4,6-7H2,1H3,(H,12,13,14);1H. The second-order valence-corrected chi connectivity index (χ2v) is 4.44. The Hall–Kier alpha value is -0.520. The zero-order valence-electron chi connectivity index (χ0n) is 9.27.